The van der Waals surface area contributed by atoms with Crippen molar-refractivity contribution >= 4 is 13.7 Å². The number of amides is 1. The van der Waals surface area contributed by atoms with Crippen molar-refractivity contribution in [3.8, 4) is 0 Å². The van der Waals surface area contributed by atoms with Gasteiger partial charge >= 0.3 is 0 Å². The number of quaternary nitrogens is 1. The molecule has 0 aromatic heterocycles. The number of hydrogen-bond donors (Lipinski definition) is 2. The largest absolute Gasteiger partial charge is 0.756 e. The van der Waals surface area contributed by atoms with Crippen molar-refractivity contribution in [1.29, 1.82) is 0 Å². The van der Waals surface area contributed by atoms with E-state index >= 15 is 0 Å². The molecule has 524 valence electrons. The molecule has 91 heavy (non-hydrogen) atoms. The lowest BCUT2D eigenvalue weighted by atomic mass is 10.0. The van der Waals surface area contributed by atoms with Crippen molar-refractivity contribution in [2.45, 2.75) is 341 Å². The molecule has 0 fully saturated rings. The number of phosphoric ester groups is 1. The molecule has 0 aliphatic carbocycles. The first-order valence-corrected chi connectivity index (χ1v) is 39.5. The van der Waals surface area contributed by atoms with Gasteiger partial charge in [-0.3, -0.25) is 9.36 Å². The molecule has 9 heteroatoms. The molecule has 0 aromatic rings. The third-order valence-corrected chi connectivity index (χ3v) is 17.6. The van der Waals surface area contributed by atoms with Gasteiger partial charge in [-0.25, -0.2) is 0 Å². The van der Waals surface area contributed by atoms with Crippen LogP contribution in [0.15, 0.2) is 134 Å². The Labute approximate surface area is 564 Å². The Hall–Kier alpha value is -3.36. The first-order valence-electron chi connectivity index (χ1n) is 38.0. The Bertz CT molecular complexity index is 1950. The molecular weight excluding hydrogens is 1140 g/mol. The van der Waals surface area contributed by atoms with Crippen LogP contribution in [0.1, 0.15) is 328 Å². The van der Waals surface area contributed by atoms with Crippen molar-refractivity contribution in [2.75, 3.05) is 40.9 Å². The number of aliphatic hydroxyl groups is 1. The molecule has 3 unspecified atom stereocenters. The monoisotopic (exact) mass is 1290 g/mol. The molecule has 0 spiro atoms. The van der Waals surface area contributed by atoms with E-state index in [4.69, 9.17) is 9.05 Å². The van der Waals surface area contributed by atoms with E-state index in [-0.39, 0.29) is 19.1 Å². The van der Waals surface area contributed by atoms with E-state index in [1.807, 2.05) is 27.2 Å². The molecule has 0 aliphatic heterocycles. The van der Waals surface area contributed by atoms with Gasteiger partial charge in [0.2, 0.25) is 5.91 Å². The number of nitrogens with zero attached hydrogens (tertiary/aromatic N) is 1. The quantitative estimate of drug-likeness (QED) is 0.0272. The molecule has 0 saturated heterocycles. The van der Waals surface area contributed by atoms with Gasteiger partial charge in [0, 0.05) is 6.42 Å². The smallest absolute Gasteiger partial charge is 0.268 e. The SMILES string of the molecule is CC/C=C\C/C=C\C/C=C\C/C=C\C/C=C\C/C=C\C/C=C\C/C=C\C/C=C\C/C=C\CCCCCCCCCCC(=O)NC(COP(=O)([O-])OCC[N+](C)(C)C)C(O)/C=C/CCCCCCCCCCCCCCCCCCCCCCCCCCCCCC. The highest BCUT2D eigenvalue weighted by Gasteiger charge is 2.23. The van der Waals surface area contributed by atoms with Crippen molar-refractivity contribution in [3.63, 3.8) is 0 Å². The van der Waals surface area contributed by atoms with E-state index in [0.717, 1.165) is 116 Å². The first-order chi connectivity index (χ1) is 44.5. The van der Waals surface area contributed by atoms with Crippen LogP contribution < -0.4 is 10.2 Å². The molecule has 2 N–H and O–H groups in total. The molecule has 0 bridgehead atoms. The number of phosphoric acid groups is 1. The van der Waals surface area contributed by atoms with Crippen LogP contribution in [-0.2, 0) is 18.4 Å². The lowest BCUT2D eigenvalue weighted by molar-refractivity contribution is -0.870. The minimum Gasteiger partial charge on any atom is -0.756 e. The summed E-state index contributed by atoms with van der Waals surface area (Å²) in [6.07, 6.45) is 107. The maximum absolute atomic E-state index is 13.1. The van der Waals surface area contributed by atoms with Crippen LogP contribution in [-0.4, -0.2) is 68.5 Å². The fraction of sp³-hybridized carbons (Fsp3) is 0.720. The zero-order valence-electron chi connectivity index (χ0n) is 60.0. The minimum atomic E-state index is -4.62. The summed E-state index contributed by atoms with van der Waals surface area (Å²) in [5.41, 5.74) is 0. The normalized spacial score (nSPS) is 14.3. The molecule has 3 atom stereocenters. The van der Waals surface area contributed by atoms with Crippen LogP contribution in [0.4, 0.5) is 0 Å². The molecule has 0 heterocycles. The molecule has 8 nitrogen and oxygen atoms in total. The van der Waals surface area contributed by atoms with Crippen LogP contribution in [0.3, 0.4) is 0 Å². The van der Waals surface area contributed by atoms with Crippen LogP contribution in [0, 0.1) is 0 Å². The summed E-state index contributed by atoms with van der Waals surface area (Å²) in [4.78, 5) is 25.7. The third-order valence-electron chi connectivity index (χ3n) is 16.6. The van der Waals surface area contributed by atoms with E-state index in [0.29, 0.717) is 17.4 Å². The third kappa shape index (κ3) is 73.9. The van der Waals surface area contributed by atoms with E-state index in [1.54, 1.807) is 6.08 Å². The van der Waals surface area contributed by atoms with Gasteiger partial charge in [0.05, 0.1) is 39.9 Å². The van der Waals surface area contributed by atoms with Gasteiger partial charge in [-0.05, 0) is 96.3 Å². The van der Waals surface area contributed by atoms with E-state index in [1.165, 1.54) is 193 Å². The van der Waals surface area contributed by atoms with Gasteiger partial charge in [0.15, 0.2) is 0 Å². The number of aliphatic hydroxyl groups excluding tert-OH is 1. The Morgan fingerprint density at radius 2 is 0.670 bits per heavy atom. The summed E-state index contributed by atoms with van der Waals surface area (Å²) in [6, 6.07) is -0.903. The summed E-state index contributed by atoms with van der Waals surface area (Å²) in [7, 11) is 1.25. The van der Waals surface area contributed by atoms with Crippen LogP contribution in [0.2, 0.25) is 0 Å². The molecule has 0 aliphatic rings. The van der Waals surface area contributed by atoms with Gasteiger partial charge < -0.3 is 28.8 Å². The van der Waals surface area contributed by atoms with Crippen molar-refractivity contribution < 1.29 is 32.9 Å². The zero-order valence-corrected chi connectivity index (χ0v) is 60.9. The van der Waals surface area contributed by atoms with Crippen molar-refractivity contribution in [3.05, 3.63) is 134 Å². The highest BCUT2D eigenvalue weighted by molar-refractivity contribution is 7.45. The molecule has 0 rings (SSSR count). The predicted molar refractivity (Wildman–Crippen MR) is 398 cm³/mol. The second kappa shape index (κ2) is 70.9. The summed E-state index contributed by atoms with van der Waals surface area (Å²) in [6.45, 7) is 4.55. The van der Waals surface area contributed by atoms with E-state index in [2.05, 4.69) is 141 Å². The van der Waals surface area contributed by atoms with Crippen LogP contribution >= 0.6 is 7.82 Å². The molecular formula is C82H145N2O6P. The fourth-order valence-electron chi connectivity index (χ4n) is 10.8. The second-order valence-corrected chi connectivity index (χ2v) is 28.0. The number of hydrogen-bond acceptors (Lipinski definition) is 6. The average Bonchev–Trinajstić information content (AvgIpc) is 3.58. The Morgan fingerprint density at radius 1 is 0.396 bits per heavy atom. The standard InChI is InChI=1S/C82H145N2O6P/c1-6-8-10-12-14-16-18-20-22-24-26-28-30-32-34-36-38-39-40-41-42-43-44-45-46-48-50-52-54-56-58-60-62-64-66-68-70-72-74-76-82(86)83-80(79-90-91(87,88)89-78-77-84(3,4)5)81(85)75-73-71-69-67-65-63-61-59-57-55-53-51-49-47-37-35-33-31-29-27-25-23-21-19-17-15-13-11-9-7-2/h8,10,14,16,20,22,26,28,32,34,38-39,41-42,44-45,48,50,54,56,73,75,80-81,85H,6-7,9,11-13,15,17-19,21,23-25,27,29-31,33,35-37,40,43,46-47,49,51-53,55,57-72,74,76-79H2,1-5H3,(H-,83,86,87,88)/b10-8-,16-14-,22-20-,28-26-,34-32-,39-38-,42-41-,45-44-,50-48-,56-54-,75-73+. The molecule has 1 amide bonds. The van der Waals surface area contributed by atoms with E-state index < -0.39 is 20.0 Å². The highest BCUT2D eigenvalue weighted by Crippen LogP contribution is 2.38. The summed E-state index contributed by atoms with van der Waals surface area (Å²) >= 11 is 0. The van der Waals surface area contributed by atoms with E-state index in [9.17, 15) is 19.4 Å². The zero-order chi connectivity index (χ0) is 66.2. The van der Waals surface area contributed by atoms with Crippen molar-refractivity contribution in [1.82, 2.24) is 5.32 Å². The Balaban J connectivity index is 4.11. The van der Waals surface area contributed by atoms with Gasteiger partial charge in [-0.1, -0.05) is 359 Å². The maximum atomic E-state index is 13.1. The topological polar surface area (TPSA) is 108 Å². The summed E-state index contributed by atoms with van der Waals surface area (Å²) in [5.74, 6) is -0.207. The number of carbonyl (C=O) groups is 1. The number of nitrogens with one attached hydrogen (secondary N) is 1. The lowest BCUT2D eigenvalue weighted by Crippen LogP contribution is -2.45. The number of carbonyl (C=O) groups excluding carboxylic acids is 1. The van der Waals surface area contributed by atoms with Crippen LogP contribution in [0.5, 0.6) is 0 Å². The molecule has 0 aromatic carbocycles. The van der Waals surface area contributed by atoms with Crippen molar-refractivity contribution in [2.24, 2.45) is 0 Å². The maximum Gasteiger partial charge on any atom is 0.268 e. The number of unbranched alkanes of at least 4 members (excludes halogenated alkanes) is 36. The van der Waals surface area contributed by atoms with Gasteiger partial charge in [0.25, 0.3) is 7.82 Å². The number of likely N-dealkylation sites (N-methyl/N-ethyl adjacent to an activating group) is 1. The average molecular weight is 1290 g/mol. The van der Waals surface area contributed by atoms with Crippen LogP contribution in [0.25, 0.3) is 0 Å². The van der Waals surface area contributed by atoms with Gasteiger partial charge in [-0.15, -0.1) is 0 Å². The summed E-state index contributed by atoms with van der Waals surface area (Å²) in [5, 5.41) is 14.0. The molecule has 0 saturated carbocycles. The number of allylic oxidation sites excluding steroid dienone is 21. The fourth-order valence-corrected chi connectivity index (χ4v) is 11.5. The predicted octanol–water partition coefficient (Wildman–Crippen LogP) is 24.3. The first kappa shape index (κ1) is 87.6. The Morgan fingerprint density at radius 3 is 0.978 bits per heavy atom. The number of rotatable bonds is 69. The second-order valence-electron chi connectivity index (χ2n) is 26.6. The summed E-state index contributed by atoms with van der Waals surface area (Å²) < 4.78 is 23.5. The Kier molecular flexibility index (Phi) is 68.3. The highest BCUT2D eigenvalue weighted by atomic mass is 31.2. The lowest BCUT2D eigenvalue weighted by Gasteiger charge is -2.29. The molecule has 0 radical (unpaired) electrons. The van der Waals surface area contributed by atoms with Gasteiger partial charge in [-0.2, -0.15) is 0 Å². The van der Waals surface area contributed by atoms with Gasteiger partial charge in [0.1, 0.15) is 13.2 Å². The minimum absolute atomic E-state index is 0.00835.